The number of hydrogen-bond donors (Lipinski definition) is 2. The van der Waals surface area contributed by atoms with Gasteiger partial charge in [-0.3, -0.25) is 0 Å². The van der Waals surface area contributed by atoms with Crippen molar-refractivity contribution in [3.8, 4) is 46.0 Å². The molecule has 2 aliphatic rings. The number of pyridine rings is 2. The van der Waals surface area contributed by atoms with Crippen molar-refractivity contribution in [2.24, 2.45) is 10.3 Å². The second kappa shape index (κ2) is 15.9. The SMILES string of the molecule is FC(F)(F)Oc1ccc([C@@H]2CC(Oc3ccc(-c4nn[nH]n4)nc3)=NO2)cc1.FC(F)(F)Oc1ccc([C@H]2CC(Oc3ccc(-c4nn[nH]n4)nc3)=NO2)cc1. The Kier molecular flexibility index (Phi) is 10.5. The second-order valence-corrected chi connectivity index (χ2v) is 11.2. The molecule has 0 aliphatic carbocycles. The highest BCUT2D eigenvalue weighted by atomic mass is 19.4. The molecule has 0 bridgehead atoms. The average Bonchev–Trinajstić information content (AvgIpc) is 4.01. The van der Waals surface area contributed by atoms with Gasteiger partial charge in [0.2, 0.25) is 23.4 Å². The minimum Gasteiger partial charge on any atom is -0.438 e. The van der Waals surface area contributed by atoms with Crippen molar-refractivity contribution in [1.82, 2.24) is 51.2 Å². The van der Waals surface area contributed by atoms with Crippen molar-refractivity contribution in [3.05, 3.63) is 96.3 Å². The van der Waals surface area contributed by atoms with Gasteiger partial charge in [0.25, 0.3) is 0 Å². The van der Waals surface area contributed by atoms with Crippen molar-refractivity contribution >= 4 is 11.8 Å². The largest absolute Gasteiger partial charge is 0.573 e. The van der Waals surface area contributed by atoms with Gasteiger partial charge in [-0.15, -0.1) is 46.7 Å². The number of nitrogens with one attached hydrogen (secondary N) is 2. The first-order valence-electron chi connectivity index (χ1n) is 15.8. The van der Waals surface area contributed by atoms with Crippen LogP contribution < -0.4 is 18.9 Å². The van der Waals surface area contributed by atoms with Crippen LogP contribution in [0.5, 0.6) is 23.0 Å². The fourth-order valence-electron chi connectivity index (χ4n) is 4.92. The number of rotatable bonds is 8. The van der Waals surface area contributed by atoms with E-state index >= 15 is 0 Å². The summed E-state index contributed by atoms with van der Waals surface area (Å²) in [6.07, 6.45) is -6.83. The lowest BCUT2D eigenvalue weighted by molar-refractivity contribution is -0.275. The average molecular weight is 785 g/mol. The van der Waals surface area contributed by atoms with Gasteiger partial charge in [-0.1, -0.05) is 34.6 Å². The molecular weight excluding hydrogens is 762 g/mol. The maximum absolute atomic E-state index is 12.2. The summed E-state index contributed by atoms with van der Waals surface area (Å²) in [6, 6.07) is 17.4. The van der Waals surface area contributed by atoms with Crippen molar-refractivity contribution < 1.29 is 55.0 Å². The molecule has 24 heteroatoms. The number of tetrazole rings is 2. The molecule has 6 heterocycles. The summed E-state index contributed by atoms with van der Waals surface area (Å²) in [5.74, 6) is 1.59. The molecule has 8 rings (SSSR count). The molecule has 2 aliphatic heterocycles. The van der Waals surface area contributed by atoms with E-state index in [9.17, 15) is 26.3 Å². The minimum absolute atomic E-state index is 0.306. The molecule has 2 aromatic carbocycles. The smallest absolute Gasteiger partial charge is 0.438 e. The number of H-pyrrole nitrogens is 2. The summed E-state index contributed by atoms with van der Waals surface area (Å²) in [4.78, 5) is 18.9. The van der Waals surface area contributed by atoms with E-state index in [2.05, 4.69) is 71.0 Å². The number of alkyl halides is 6. The van der Waals surface area contributed by atoms with Crippen molar-refractivity contribution in [1.29, 1.82) is 0 Å². The van der Waals surface area contributed by atoms with E-state index in [-0.39, 0.29) is 11.5 Å². The number of hydrogen-bond acceptors (Lipinski definition) is 16. The van der Waals surface area contributed by atoms with Crippen LogP contribution in [-0.2, 0) is 9.68 Å². The molecule has 0 amide bonds. The third-order valence-electron chi connectivity index (χ3n) is 7.35. The molecule has 0 spiro atoms. The fraction of sp³-hybridized carbons (Fsp3) is 0.188. The van der Waals surface area contributed by atoms with Gasteiger partial charge in [-0.2, -0.15) is 10.4 Å². The number of halogens is 6. The van der Waals surface area contributed by atoms with Gasteiger partial charge >= 0.3 is 12.7 Å². The van der Waals surface area contributed by atoms with Gasteiger partial charge in [0.05, 0.1) is 25.2 Å². The Bertz CT molecular complexity index is 2080. The third-order valence-corrected chi connectivity index (χ3v) is 7.35. The Morgan fingerprint density at radius 2 is 0.929 bits per heavy atom. The maximum atomic E-state index is 12.2. The van der Waals surface area contributed by atoms with Gasteiger partial charge < -0.3 is 28.6 Å². The molecular formula is C32H22F6N12O6. The van der Waals surface area contributed by atoms with Crippen LogP contribution in [0.2, 0.25) is 0 Å². The zero-order valence-electron chi connectivity index (χ0n) is 27.8. The highest BCUT2D eigenvalue weighted by Gasteiger charge is 2.33. The van der Waals surface area contributed by atoms with E-state index in [1.54, 1.807) is 24.3 Å². The first-order valence-corrected chi connectivity index (χ1v) is 15.8. The van der Waals surface area contributed by atoms with Crippen LogP contribution in [0.1, 0.15) is 36.2 Å². The topological polar surface area (TPSA) is 215 Å². The molecule has 0 fully saturated rings. The van der Waals surface area contributed by atoms with Crippen molar-refractivity contribution in [2.75, 3.05) is 0 Å². The fourth-order valence-corrected chi connectivity index (χ4v) is 4.92. The summed E-state index contributed by atoms with van der Waals surface area (Å²) in [6.45, 7) is 0. The van der Waals surface area contributed by atoms with E-state index in [0.717, 1.165) is 0 Å². The van der Waals surface area contributed by atoms with E-state index in [1.165, 1.54) is 60.9 Å². The van der Waals surface area contributed by atoms with Crippen LogP contribution in [0.25, 0.3) is 23.0 Å². The third kappa shape index (κ3) is 9.97. The van der Waals surface area contributed by atoms with Crippen LogP contribution in [0.3, 0.4) is 0 Å². The molecule has 0 saturated heterocycles. The predicted octanol–water partition coefficient (Wildman–Crippen LogP) is 6.03. The standard InChI is InChI=1S/2C16H11F3N6O3/c2*17-16(18,19)27-10-3-1-9(2-4-10)13-7-14(23-28-13)26-11-5-6-12(20-8-11)15-21-24-25-22-15/h2*1-6,8,13H,7H2,(H,21,22,24,25)/t2*13-/m10/s1. The van der Waals surface area contributed by atoms with E-state index in [0.29, 0.717) is 70.3 Å². The lowest BCUT2D eigenvalue weighted by Gasteiger charge is -2.11. The Hall–Kier alpha value is -7.40. The first kappa shape index (κ1) is 36.9. The maximum Gasteiger partial charge on any atom is 0.573 e. The van der Waals surface area contributed by atoms with Crippen LogP contribution in [0.4, 0.5) is 26.3 Å². The molecule has 6 aromatic rings. The molecule has 4 aromatic heterocycles. The predicted molar refractivity (Wildman–Crippen MR) is 174 cm³/mol. The van der Waals surface area contributed by atoms with Crippen molar-refractivity contribution in [2.45, 2.75) is 37.8 Å². The van der Waals surface area contributed by atoms with Crippen LogP contribution in [0, 0.1) is 0 Å². The lowest BCUT2D eigenvalue weighted by atomic mass is 10.1. The van der Waals surface area contributed by atoms with Gasteiger partial charge in [-0.25, -0.2) is 9.97 Å². The molecule has 0 saturated carbocycles. The first-order chi connectivity index (χ1) is 26.9. The number of nitrogens with zero attached hydrogens (tertiary/aromatic N) is 10. The van der Waals surface area contributed by atoms with Gasteiger partial charge in [0.1, 0.15) is 34.4 Å². The summed E-state index contributed by atoms with van der Waals surface area (Å²) in [5.41, 5.74) is 2.32. The van der Waals surface area contributed by atoms with Crippen LogP contribution in [-0.4, -0.2) is 75.7 Å². The number of benzene rings is 2. The summed E-state index contributed by atoms with van der Waals surface area (Å²) in [5, 5.41) is 34.6. The number of ether oxygens (including phenoxy) is 4. The van der Waals surface area contributed by atoms with Gasteiger partial charge in [-0.05, 0) is 70.1 Å². The number of oxime groups is 2. The zero-order chi connectivity index (χ0) is 39.1. The van der Waals surface area contributed by atoms with E-state index < -0.39 is 24.9 Å². The summed E-state index contributed by atoms with van der Waals surface area (Å²) in [7, 11) is 0. The van der Waals surface area contributed by atoms with Gasteiger partial charge in [0.15, 0.2) is 12.2 Å². The van der Waals surface area contributed by atoms with E-state index in [4.69, 9.17) is 19.1 Å². The summed E-state index contributed by atoms with van der Waals surface area (Å²) >= 11 is 0. The van der Waals surface area contributed by atoms with Gasteiger partial charge in [0, 0.05) is 0 Å². The van der Waals surface area contributed by atoms with Crippen molar-refractivity contribution in [3.63, 3.8) is 0 Å². The molecule has 2 atom stereocenters. The molecule has 18 nitrogen and oxygen atoms in total. The molecule has 288 valence electrons. The monoisotopic (exact) mass is 784 g/mol. The highest BCUT2D eigenvalue weighted by molar-refractivity contribution is 5.80. The number of aromatic amines is 2. The summed E-state index contributed by atoms with van der Waals surface area (Å²) < 4.78 is 92.2. The van der Waals surface area contributed by atoms with Crippen LogP contribution >= 0.6 is 0 Å². The molecule has 56 heavy (non-hydrogen) atoms. The molecule has 0 unspecified atom stereocenters. The Morgan fingerprint density at radius 1 is 0.536 bits per heavy atom. The second-order valence-electron chi connectivity index (χ2n) is 11.2. The Morgan fingerprint density at radius 3 is 1.25 bits per heavy atom. The van der Waals surface area contributed by atoms with Crippen LogP contribution in [0.15, 0.2) is 95.5 Å². The Balaban J connectivity index is 0.000000172. The minimum atomic E-state index is -4.73. The van der Waals surface area contributed by atoms with E-state index in [1.807, 2.05) is 0 Å². The molecule has 2 N–H and O–H groups in total. The quantitative estimate of drug-likeness (QED) is 0.169. The Labute approximate surface area is 308 Å². The molecule has 0 radical (unpaired) electrons. The highest BCUT2D eigenvalue weighted by Crippen LogP contribution is 2.33. The zero-order valence-corrected chi connectivity index (χ0v) is 27.8. The normalized spacial score (nSPS) is 16.4. The number of aromatic nitrogens is 10. The lowest BCUT2D eigenvalue weighted by Crippen LogP contribution is -2.17.